The summed E-state index contributed by atoms with van der Waals surface area (Å²) in [4.78, 5) is 12.2. The Balaban J connectivity index is 2.42. The first-order valence-electron chi connectivity index (χ1n) is 5.76. The van der Waals surface area contributed by atoms with Gasteiger partial charge in [-0.1, -0.05) is 0 Å². The number of ketones is 1. The van der Waals surface area contributed by atoms with E-state index in [9.17, 15) is 18.0 Å². The summed E-state index contributed by atoms with van der Waals surface area (Å²) < 4.78 is 40.9. The number of halogens is 3. The Labute approximate surface area is 102 Å². The zero-order chi connectivity index (χ0) is 13.4. The van der Waals surface area contributed by atoms with E-state index in [1.54, 1.807) is 6.92 Å². The molecule has 2 heterocycles. The van der Waals surface area contributed by atoms with Gasteiger partial charge in [0, 0.05) is 19.3 Å². The van der Waals surface area contributed by atoms with Crippen molar-refractivity contribution in [1.29, 1.82) is 0 Å². The van der Waals surface area contributed by atoms with Crippen molar-refractivity contribution in [3.05, 3.63) is 18.0 Å². The highest BCUT2D eigenvalue weighted by atomic mass is 19.4. The lowest BCUT2D eigenvalue weighted by Gasteiger charge is -2.29. The Hall–Kier alpha value is -1.37. The summed E-state index contributed by atoms with van der Waals surface area (Å²) in [7, 11) is 0. The summed E-state index contributed by atoms with van der Waals surface area (Å²) in [6, 6.07) is 1.34. The van der Waals surface area contributed by atoms with Crippen LogP contribution in [0, 0.1) is 5.41 Å². The summed E-state index contributed by atoms with van der Waals surface area (Å²) in [5.74, 6) is -0.889. The first-order valence-corrected chi connectivity index (χ1v) is 5.76. The van der Waals surface area contributed by atoms with Gasteiger partial charge in [-0.25, -0.2) is 0 Å². The summed E-state index contributed by atoms with van der Waals surface area (Å²) in [6.07, 6.45) is -3.41. The fourth-order valence-corrected chi connectivity index (χ4v) is 2.28. The number of aromatic nitrogens is 2. The number of carbonyl (C=O) groups is 1. The summed E-state index contributed by atoms with van der Waals surface area (Å²) in [5, 5.41) is 6.48. The topological polar surface area (TPSA) is 46.9 Å². The van der Waals surface area contributed by atoms with Gasteiger partial charge in [-0.2, -0.15) is 18.3 Å². The zero-order valence-corrected chi connectivity index (χ0v) is 9.92. The molecule has 100 valence electrons. The minimum absolute atomic E-state index is 0.0264. The van der Waals surface area contributed by atoms with Gasteiger partial charge in [0.2, 0.25) is 0 Å². The van der Waals surface area contributed by atoms with E-state index in [-0.39, 0.29) is 25.2 Å². The van der Waals surface area contributed by atoms with Crippen molar-refractivity contribution < 1.29 is 18.0 Å². The monoisotopic (exact) mass is 261 g/mol. The quantitative estimate of drug-likeness (QED) is 0.841. The predicted octanol–water partition coefficient (Wildman–Crippen LogP) is 1.63. The van der Waals surface area contributed by atoms with Crippen LogP contribution in [-0.2, 0) is 6.54 Å². The summed E-state index contributed by atoms with van der Waals surface area (Å²) >= 11 is 0. The third-order valence-electron chi connectivity index (χ3n) is 3.38. The van der Waals surface area contributed by atoms with Crippen molar-refractivity contribution >= 4 is 5.78 Å². The molecule has 0 aromatic carbocycles. The van der Waals surface area contributed by atoms with Crippen molar-refractivity contribution in [1.82, 2.24) is 15.1 Å². The van der Waals surface area contributed by atoms with Gasteiger partial charge in [0.25, 0.3) is 0 Å². The highest BCUT2D eigenvalue weighted by Crippen LogP contribution is 2.45. The average Bonchev–Trinajstić information content (AvgIpc) is 2.96. The lowest BCUT2D eigenvalue weighted by Crippen LogP contribution is -2.47. The van der Waals surface area contributed by atoms with Crippen molar-refractivity contribution in [2.45, 2.75) is 26.1 Å². The molecule has 1 aromatic heterocycles. The van der Waals surface area contributed by atoms with E-state index < -0.39 is 17.4 Å². The van der Waals surface area contributed by atoms with E-state index in [4.69, 9.17) is 0 Å². The largest absolute Gasteiger partial charge is 0.403 e. The Morgan fingerprint density at radius 2 is 2.33 bits per heavy atom. The van der Waals surface area contributed by atoms with Gasteiger partial charge in [-0.3, -0.25) is 9.48 Å². The van der Waals surface area contributed by atoms with Crippen LogP contribution in [0.4, 0.5) is 13.2 Å². The fraction of sp³-hybridized carbons (Fsp3) is 0.636. The van der Waals surface area contributed by atoms with Gasteiger partial charge in [-0.15, -0.1) is 0 Å². The van der Waals surface area contributed by atoms with E-state index in [1.807, 2.05) is 0 Å². The Morgan fingerprint density at radius 1 is 1.61 bits per heavy atom. The number of hydrogen-bond donors (Lipinski definition) is 1. The molecular formula is C11H14F3N3O. The molecule has 0 aliphatic carbocycles. The van der Waals surface area contributed by atoms with Gasteiger partial charge in [0.15, 0.2) is 5.78 Å². The molecule has 1 fully saturated rings. The molecule has 1 saturated heterocycles. The fourth-order valence-electron chi connectivity index (χ4n) is 2.28. The third kappa shape index (κ3) is 1.82. The molecule has 0 radical (unpaired) electrons. The number of hydrogen-bond acceptors (Lipinski definition) is 3. The number of nitrogens with one attached hydrogen (secondary N) is 1. The maximum Gasteiger partial charge on any atom is 0.403 e. The number of nitrogens with zero attached hydrogens (tertiary/aromatic N) is 2. The van der Waals surface area contributed by atoms with Crippen molar-refractivity contribution in [2.24, 2.45) is 5.41 Å². The van der Waals surface area contributed by atoms with Gasteiger partial charge >= 0.3 is 6.18 Å². The van der Waals surface area contributed by atoms with Crippen LogP contribution >= 0.6 is 0 Å². The highest BCUT2D eigenvalue weighted by molar-refractivity contribution is 6.00. The smallest absolute Gasteiger partial charge is 0.315 e. The molecule has 18 heavy (non-hydrogen) atoms. The van der Waals surface area contributed by atoms with Crippen LogP contribution in [0.3, 0.4) is 0 Å². The average molecular weight is 261 g/mol. The zero-order valence-electron chi connectivity index (χ0n) is 9.92. The molecule has 2 rings (SSSR count). The van der Waals surface area contributed by atoms with Gasteiger partial charge in [-0.05, 0) is 26.0 Å². The summed E-state index contributed by atoms with van der Waals surface area (Å²) in [6.45, 7) is 1.95. The highest BCUT2D eigenvalue weighted by Gasteiger charge is 2.61. The van der Waals surface area contributed by atoms with E-state index in [1.165, 1.54) is 16.9 Å². The first kappa shape index (κ1) is 13.1. The maximum absolute atomic E-state index is 13.2. The predicted molar refractivity (Wildman–Crippen MR) is 58.2 cm³/mol. The van der Waals surface area contributed by atoms with Crippen LogP contribution < -0.4 is 5.32 Å². The Bertz CT molecular complexity index is 447. The van der Waals surface area contributed by atoms with Crippen molar-refractivity contribution in [2.75, 3.05) is 13.1 Å². The van der Waals surface area contributed by atoms with E-state index in [2.05, 4.69) is 10.4 Å². The molecule has 7 heteroatoms. The molecule has 1 aliphatic heterocycles. The number of Topliss-reactive ketones (excluding diaryl/α,β-unsaturated/α-hetero) is 1. The molecule has 4 nitrogen and oxygen atoms in total. The molecule has 1 aliphatic rings. The van der Waals surface area contributed by atoms with Crippen LogP contribution in [0.15, 0.2) is 12.3 Å². The lowest BCUT2D eigenvalue weighted by molar-refractivity contribution is -0.197. The minimum atomic E-state index is -4.55. The second-order valence-corrected chi connectivity index (χ2v) is 4.37. The van der Waals surface area contributed by atoms with Crippen LogP contribution in [0.2, 0.25) is 0 Å². The second-order valence-electron chi connectivity index (χ2n) is 4.37. The molecule has 0 amide bonds. The number of aryl methyl sites for hydroxylation is 1. The minimum Gasteiger partial charge on any atom is -0.315 e. The summed E-state index contributed by atoms with van der Waals surface area (Å²) in [5.41, 5.74) is -2.28. The van der Waals surface area contributed by atoms with Crippen molar-refractivity contribution in [3.63, 3.8) is 0 Å². The number of alkyl halides is 3. The van der Waals surface area contributed by atoms with Gasteiger partial charge in [0.05, 0.1) is 0 Å². The van der Waals surface area contributed by atoms with Crippen molar-refractivity contribution in [3.8, 4) is 0 Å². The van der Waals surface area contributed by atoms with Gasteiger partial charge < -0.3 is 5.32 Å². The molecule has 1 atom stereocenters. The molecule has 0 spiro atoms. The Morgan fingerprint density at radius 3 is 2.83 bits per heavy atom. The number of rotatable bonds is 3. The van der Waals surface area contributed by atoms with E-state index in [0.29, 0.717) is 6.54 Å². The standard InChI is InChI=1S/C11H14F3N3O/c1-2-17-8(3-5-16-17)9(18)10(11(12,13)14)4-6-15-7-10/h3,5,15H,2,4,6-7H2,1H3. The lowest BCUT2D eigenvalue weighted by atomic mass is 9.80. The van der Waals surface area contributed by atoms with Crippen LogP contribution in [0.1, 0.15) is 23.8 Å². The molecule has 1 N–H and O–H groups in total. The molecular weight excluding hydrogens is 247 g/mol. The first-order chi connectivity index (χ1) is 8.42. The third-order valence-corrected chi connectivity index (χ3v) is 3.38. The maximum atomic E-state index is 13.2. The van der Waals surface area contributed by atoms with Gasteiger partial charge in [0.1, 0.15) is 11.1 Å². The van der Waals surface area contributed by atoms with Crippen LogP contribution in [0.25, 0.3) is 0 Å². The Kier molecular flexibility index (Phi) is 3.18. The number of carbonyl (C=O) groups excluding carboxylic acids is 1. The van der Waals surface area contributed by atoms with E-state index in [0.717, 1.165) is 0 Å². The molecule has 1 unspecified atom stereocenters. The van der Waals surface area contributed by atoms with E-state index >= 15 is 0 Å². The molecule has 0 saturated carbocycles. The van der Waals surface area contributed by atoms with Crippen LogP contribution in [0.5, 0.6) is 0 Å². The second kappa shape index (κ2) is 4.38. The normalized spacial score (nSPS) is 24.4. The molecule has 0 bridgehead atoms. The molecule has 1 aromatic rings. The van der Waals surface area contributed by atoms with Crippen LogP contribution in [-0.4, -0.2) is 34.8 Å². The SMILES string of the molecule is CCn1nccc1C(=O)C1(C(F)(F)F)CCNC1.